The third kappa shape index (κ3) is 5.32. The van der Waals surface area contributed by atoms with Crippen LogP contribution in [0.25, 0.3) is 17.2 Å². The number of nitrogens with one attached hydrogen (secondary N) is 1. The van der Waals surface area contributed by atoms with E-state index in [-0.39, 0.29) is 12.1 Å². The Bertz CT molecular complexity index is 1160. The Kier molecular flexibility index (Phi) is 6.35. The topological polar surface area (TPSA) is 84.7 Å². The van der Waals surface area contributed by atoms with E-state index >= 15 is 0 Å². The SMILES string of the molecule is C=CCc1ccc2ncc(-c3ncc(C)c(N[C@@H]4CCCN(C(=O)OC(C)(C)C)C4)n3)n2c1. The van der Waals surface area contributed by atoms with E-state index in [0.29, 0.717) is 18.9 Å². The van der Waals surface area contributed by atoms with Crippen LogP contribution < -0.4 is 5.32 Å². The van der Waals surface area contributed by atoms with E-state index in [1.54, 1.807) is 11.1 Å². The molecule has 1 N–H and O–H groups in total. The normalized spacial score (nSPS) is 16.6. The molecule has 1 atom stereocenters. The molecule has 8 heteroatoms. The Labute approximate surface area is 194 Å². The maximum atomic E-state index is 12.5. The highest BCUT2D eigenvalue weighted by molar-refractivity contribution is 5.68. The van der Waals surface area contributed by atoms with Gasteiger partial charge in [-0.05, 0) is 58.6 Å². The number of hydrogen-bond acceptors (Lipinski definition) is 6. The molecule has 0 bridgehead atoms. The highest BCUT2D eigenvalue weighted by Gasteiger charge is 2.28. The van der Waals surface area contributed by atoms with Crippen molar-refractivity contribution in [3.8, 4) is 11.5 Å². The van der Waals surface area contributed by atoms with Gasteiger partial charge in [-0.25, -0.2) is 19.7 Å². The number of rotatable bonds is 5. The number of likely N-dealkylation sites (tertiary alicyclic amines) is 1. The number of aromatic nitrogens is 4. The molecule has 1 amide bonds. The van der Waals surface area contributed by atoms with Crippen LogP contribution in [0.1, 0.15) is 44.7 Å². The minimum atomic E-state index is -0.505. The Morgan fingerprint density at radius 3 is 2.88 bits per heavy atom. The fourth-order valence-electron chi connectivity index (χ4n) is 3.97. The van der Waals surface area contributed by atoms with Crippen LogP contribution in [0.4, 0.5) is 10.6 Å². The van der Waals surface area contributed by atoms with Gasteiger partial charge in [0.15, 0.2) is 5.82 Å². The molecule has 0 saturated carbocycles. The molecule has 174 valence electrons. The van der Waals surface area contributed by atoms with Crippen molar-refractivity contribution < 1.29 is 9.53 Å². The van der Waals surface area contributed by atoms with E-state index in [0.717, 1.165) is 47.5 Å². The Morgan fingerprint density at radius 2 is 2.12 bits per heavy atom. The molecule has 0 spiro atoms. The predicted octanol–water partition coefficient (Wildman–Crippen LogP) is 4.64. The van der Waals surface area contributed by atoms with Crippen molar-refractivity contribution in [2.24, 2.45) is 0 Å². The van der Waals surface area contributed by atoms with Crippen molar-refractivity contribution in [2.75, 3.05) is 18.4 Å². The second-order valence-corrected chi connectivity index (χ2v) is 9.54. The first-order chi connectivity index (χ1) is 15.7. The van der Waals surface area contributed by atoms with Crippen molar-refractivity contribution in [1.29, 1.82) is 0 Å². The maximum absolute atomic E-state index is 12.5. The summed E-state index contributed by atoms with van der Waals surface area (Å²) < 4.78 is 7.57. The van der Waals surface area contributed by atoms with E-state index in [1.165, 1.54) is 0 Å². The summed E-state index contributed by atoms with van der Waals surface area (Å²) in [4.78, 5) is 28.2. The monoisotopic (exact) mass is 448 g/mol. The molecule has 3 aromatic heterocycles. The highest BCUT2D eigenvalue weighted by atomic mass is 16.6. The molecular weight excluding hydrogens is 416 g/mol. The van der Waals surface area contributed by atoms with Gasteiger partial charge in [0.2, 0.25) is 0 Å². The van der Waals surface area contributed by atoms with Gasteiger partial charge in [0.25, 0.3) is 0 Å². The smallest absolute Gasteiger partial charge is 0.410 e. The number of nitrogens with zero attached hydrogens (tertiary/aromatic N) is 5. The summed E-state index contributed by atoms with van der Waals surface area (Å²) >= 11 is 0. The van der Waals surface area contributed by atoms with Crippen LogP contribution in [-0.4, -0.2) is 55.1 Å². The minimum Gasteiger partial charge on any atom is -0.444 e. The van der Waals surface area contributed by atoms with Crippen molar-refractivity contribution in [2.45, 2.75) is 58.6 Å². The Hall–Kier alpha value is -3.42. The molecule has 8 nitrogen and oxygen atoms in total. The fourth-order valence-corrected chi connectivity index (χ4v) is 3.97. The van der Waals surface area contributed by atoms with Gasteiger partial charge in [-0.3, -0.25) is 4.40 Å². The van der Waals surface area contributed by atoms with Crippen LogP contribution in [0.3, 0.4) is 0 Å². The van der Waals surface area contributed by atoms with Crippen molar-refractivity contribution in [3.63, 3.8) is 0 Å². The summed E-state index contributed by atoms with van der Waals surface area (Å²) in [5, 5.41) is 3.54. The molecule has 1 aliphatic rings. The van der Waals surface area contributed by atoms with E-state index in [4.69, 9.17) is 9.72 Å². The van der Waals surface area contributed by atoms with Crippen LogP contribution in [0.2, 0.25) is 0 Å². The third-order valence-corrected chi connectivity index (χ3v) is 5.56. The molecule has 0 aromatic carbocycles. The van der Waals surface area contributed by atoms with Crippen molar-refractivity contribution in [3.05, 3.63) is 54.5 Å². The lowest BCUT2D eigenvalue weighted by atomic mass is 10.1. The average molecular weight is 449 g/mol. The zero-order valence-electron chi connectivity index (χ0n) is 19.8. The first-order valence-electron chi connectivity index (χ1n) is 11.4. The number of hydrogen-bond donors (Lipinski definition) is 1. The predicted molar refractivity (Wildman–Crippen MR) is 129 cm³/mol. The summed E-state index contributed by atoms with van der Waals surface area (Å²) in [5.41, 5.74) is 3.27. The molecule has 1 aliphatic heterocycles. The van der Waals surface area contributed by atoms with Crippen LogP contribution >= 0.6 is 0 Å². The molecular formula is C25H32N6O2. The van der Waals surface area contributed by atoms with Gasteiger partial charge in [-0.15, -0.1) is 6.58 Å². The molecule has 0 unspecified atom stereocenters. The number of fused-ring (bicyclic) bond motifs is 1. The second kappa shape index (κ2) is 9.21. The van der Waals surface area contributed by atoms with Crippen LogP contribution in [-0.2, 0) is 11.2 Å². The molecule has 0 aliphatic carbocycles. The lowest BCUT2D eigenvalue weighted by Gasteiger charge is -2.34. The standard InChI is InChI=1S/C25H32N6O2/c1-6-8-18-10-11-21-26-14-20(31(21)15-18)23-27-13-17(2)22(29-23)28-19-9-7-12-30(16-19)24(32)33-25(3,4)5/h6,10-11,13-15,19H,1,7-9,12,16H2,2-5H3,(H,27,28,29)/t19-/m1/s1. The highest BCUT2D eigenvalue weighted by Crippen LogP contribution is 2.23. The lowest BCUT2D eigenvalue weighted by molar-refractivity contribution is 0.0206. The average Bonchev–Trinajstić information content (AvgIpc) is 3.18. The van der Waals surface area contributed by atoms with Crippen molar-refractivity contribution in [1.82, 2.24) is 24.3 Å². The quantitative estimate of drug-likeness (QED) is 0.573. The summed E-state index contributed by atoms with van der Waals surface area (Å²) in [7, 11) is 0. The summed E-state index contributed by atoms with van der Waals surface area (Å²) in [6.45, 7) is 12.7. The van der Waals surface area contributed by atoms with Crippen LogP contribution in [0, 0.1) is 6.92 Å². The molecule has 1 saturated heterocycles. The van der Waals surface area contributed by atoms with Gasteiger partial charge >= 0.3 is 6.09 Å². The van der Waals surface area contributed by atoms with Gasteiger partial charge in [0.05, 0.1) is 6.20 Å². The second-order valence-electron chi connectivity index (χ2n) is 9.54. The first-order valence-corrected chi connectivity index (χ1v) is 11.4. The Balaban J connectivity index is 1.55. The molecule has 33 heavy (non-hydrogen) atoms. The van der Waals surface area contributed by atoms with Gasteiger partial charge in [-0.1, -0.05) is 12.1 Å². The van der Waals surface area contributed by atoms with Crippen LogP contribution in [0.15, 0.2) is 43.4 Å². The number of carbonyl (C=O) groups is 1. The largest absolute Gasteiger partial charge is 0.444 e. The summed E-state index contributed by atoms with van der Waals surface area (Å²) in [6.07, 6.45) is 9.94. The third-order valence-electron chi connectivity index (χ3n) is 5.56. The first kappa shape index (κ1) is 22.8. The number of imidazole rings is 1. The number of anilines is 1. The van der Waals surface area contributed by atoms with Gasteiger partial charge in [-0.2, -0.15) is 0 Å². The van der Waals surface area contributed by atoms with Gasteiger partial charge < -0.3 is 15.0 Å². The molecule has 3 aromatic rings. The number of allylic oxidation sites excluding steroid dienone is 1. The lowest BCUT2D eigenvalue weighted by Crippen LogP contribution is -2.47. The van der Waals surface area contributed by atoms with Gasteiger partial charge in [0, 0.05) is 37.1 Å². The maximum Gasteiger partial charge on any atom is 0.410 e. The summed E-state index contributed by atoms with van der Waals surface area (Å²) in [5.74, 6) is 1.37. The fraction of sp³-hybridized carbons (Fsp3) is 0.440. The molecule has 0 radical (unpaired) electrons. The number of aryl methyl sites for hydroxylation is 1. The summed E-state index contributed by atoms with van der Waals surface area (Å²) in [6, 6.07) is 4.13. The van der Waals surface area contributed by atoms with Crippen LogP contribution in [0.5, 0.6) is 0 Å². The number of pyridine rings is 1. The molecule has 4 rings (SSSR count). The van der Waals surface area contributed by atoms with E-state index in [9.17, 15) is 4.79 Å². The van der Waals surface area contributed by atoms with Gasteiger partial charge in [0.1, 0.15) is 22.8 Å². The van der Waals surface area contributed by atoms with Crippen molar-refractivity contribution >= 4 is 17.6 Å². The van der Waals surface area contributed by atoms with E-state index < -0.39 is 5.60 Å². The van der Waals surface area contributed by atoms with E-state index in [1.807, 2.05) is 50.4 Å². The number of amides is 1. The zero-order valence-corrected chi connectivity index (χ0v) is 19.8. The molecule has 4 heterocycles. The number of carbonyl (C=O) groups excluding carboxylic acids is 1. The zero-order chi connectivity index (χ0) is 23.6. The number of ether oxygens (including phenoxy) is 1. The minimum absolute atomic E-state index is 0.0918. The Morgan fingerprint density at radius 1 is 1.30 bits per heavy atom. The van der Waals surface area contributed by atoms with E-state index in [2.05, 4.69) is 34.1 Å². The molecule has 1 fully saturated rings. The number of piperidine rings is 1.